The SMILES string of the molecule is NNC(=O)c1c(-c2ccccc2)nc2ccccn12. The number of carbonyl (C=O) groups is 1. The van der Waals surface area contributed by atoms with Gasteiger partial charge in [0.05, 0.1) is 0 Å². The number of rotatable bonds is 2. The van der Waals surface area contributed by atoms with E-state index in [1.54, 1.807) is 10.6 Å². The molecule has 2 heterocycles. The van der Waals surface area contributed by atoms with Crippen molar-refractivity contribution < 1.29 is 4.79 Å². The lowest BCUT2D eigenvalue weighted by atomic mass is 10.1. The van der Waals surface area contributed by atoms with Crippen molar-refractivity contribution in [3.63, 3.8) is 0 Å². The minimum absolute atomic E-state index is 0.363. The highest BCUT2D eigenvalue weighted by Crippen LogP contribution is 2.24. The van der Waals surface area contributed by atoms with Crippen LogP contribution >= 0.6 is 0 Å². The normalized spacial score (nSPS) is 10.6. The van der Waals surface area contributed by atoms with Crippen LogP contribution in [0.15, 0.2) is 54.7 Å². The van der Waals surface area contributed by atoms with E-state index < -0.39 is 0 Å². The Hall–Kier alpha value is -2.66. The Bertz CT molecular complexity index is 734. The van der Waals surface area contributed by atoms with Gasteiger partial charge in [-0.15, -0.1) is 0 Å². The van der Waals surface area contributed by atoms with E-state index in [0.29, 0.717) is 17.0 Å². The van der Waals surface area contributed by atoms with Crippen molar-refractivity contribution in [3.8, 4) is 11.3 Å². The van der Waals surface area contributed by atoms with Crippen LogP contribution in [0.3, 0.4) is 0 Å². The highest BCUT2D eigenvalue weighted by molar-refractivity contribution is 5.99. The molecule has 1 amide bonds. The fourth-order valence-corrected chi connectivity index (χ4v) is 2.08. The molecular formula is C14H12N4O. The van der Waals surface area contributed by atoms with Gasteiger partial charge in [0.25, 0.3) is 5.91 Å². The standard InChI is InChI=1S/C14H12N4O/c15-17-14(19)13-12(10-6-2-1-3-7-10)16-11-8-4-5-9-18(11)13/h1-9H,15H2,(H,17,19). The third-order valence-corrected chi connectivity index (χ3v) is 2.92. The maximum atomic E-state index is 12.0. The Labute approximate surface area is 109 Å². The largest absolute Gasteiger partial charge is 0.295 e. The zero-order valence-electron chi connectivity index (χ0n) is 10.1. The molecule has 5 nitrogen and oxygen atoms in total. The highest BCUT2D eigenvalue weighted by atomic mass is 16.2. The summed E-state index contributed by atoms with van der Waals surface area (Å²) in [4.78, 5) is 16.5. The molecule has 3 rings (SSSR count). The zero-order chi connectivity index (χ0) is 13.2. The molecular weight excluding hydrogens is 240 g/mol. The molecule has 0 bridgehead atoms. The van der Waals surface area contributed by atoms with Gasteiger partial charge >= 0.3 is 0 Å². The maximum absolute atomic E-state index is 12.0. The van der Waals surface area contributed by atoms with E-state index in [2.05, 4.69) is 10.4 Å². The van der Waals surface area contributed by atoms with Crippen molar-refractivity contribution in [3.05, 3.63) is 60.4 Å². The van der Waals surface area contributed by atoms with E-state index in [9.17, 15) is 4.79 Å². The van der Waals surface area contributed by atoms with Gasteiger partial charge < -0.3 is 0 Å². The summed E-state index contributed by atoms with van der Waals surface area (Å²) >= 11 is 0. The molecule has 0 saturated carbocycles. The lowest BCUT2D eigenvalue weighted by molar-refractivity contribution is 0.0948. The number of carbonyl (C=O) groups excluding carboxylic acids is 1. The van der Waals surface area contributed by atoms with Crippen LogP contribution in [-0.2, 0) is 0 Å². The molecule has 0 radical (unpaired) electrons. The van der Waals surface area contributed by atoms with Crippen LogP contribution < -0.4 is 11.3 Å². The van der Waals surface area contributed by atoms with Crippen LogP contribution in [0.5, 0.6) is 0 Å². The van der Waals surface area contributed by atoms with Crippen LogP contribution in [0.1, 0.15) is 10.5 Å². The molecule has 0 aliphatic heterocycles. The van der Waals surface area contributed by atoms with E-state index >= 15 is 0 Å². The summed E-state index contributed by atoms with van der Waals surface area (Å²) < 4.78 is 1.73. The van der Waals surface area contributed by atoms with Crippen LogP contribution in [0.25, 0.3) is 16.9 Å². The molecule has 3 N–H and O–H groups in total. The second-order valence-electron chi connectivity index (χ2n) is 4.08. The predicted molar refractivity (Wildman–Crippen MR) is 72.3 cm³/mol. The van der Waals surface area contributed by atoms with Crippen molar-refractivity contribution in [2.24, 2.45) is 5.84 Å². The Balaban J connectivity index is 2.32. The lowest BCUT2D eigenvalue weighted by Gasteiger charge is -2.03. The molecule has 5 heteroatoms. The molecule has 0 aliphatic carbocycles. The first kappa shape index (κ1) is 11.4. The van der Waals surface area contributed by atoms with Crippen molar-refractivity contribution in [1.82, 2.24) is 14.8 Å². The molecule has 19 heavy (non-hydrogen) atoms. The molecule has 0 aliphatic rings. The Morgan fingerprint density at radius 3 is 2.58 bits per heavy atom. The summed E-state index contributed by atoms with van der Waals surface area (Å²) in [7, 11) is 0. The first-order valence-electron chi connectivity index (χ1n) is 5.84. The molecule has 0 spiro atoms. The number of nitrogens with two attached hydrogens (primary N) is 1. The number of fused-ring (bicyclic) bond motifs is 1. The lowest BCUT2D eigenvalue weighted by Crippen LogP contribution is -2.31. The second kappa shape index (κ2) is 4.55. The summed E-state index contributed by atoms with van der Waals surface area (Å²) in [6.07, 6.45) is 1.79. The quantitative estimate of drug-likeness (QED) is 0.413. The zero-order valence-corrected chi connectivity index (χ0v) is 10.1. The van der Waals surface area contributed by atoms with E-state index in [-0.39, 0.29) is 5.91 Å². The minimum Gasteiger partial charge on any atom is -0.295 e. The highest BCUT2D eigenvalue weighted by Gasteiger charge is 2.19. The number of hydrogen-bond acceptors (Lipinski definition) is 3. The molecule has 0 atom stereocenters. The summed E-state index contributed by atoms with van der Waals surface area (Å²) in [5.41, 5.74) is 4.81. The molecule has 94 valence electrons. The van der Waals surface area contributed by atoms with Crippen LogP contribution in [-0.4, -0.2) is 15.3 Å². The fourth-order valence-electron chi connectivity index (χ4n) is 2.08. The Kier molecular flexibility index (Phi) is 2.74. The van der Waals surface area contributed by atoms with E-state index in [1.165, 1.54) is 0 Å². The van der Waals surface area contributed by atoms with Crippen molar-refractivity contribution in [1.29, 1.82) is 0 Å². The summed E-state index contributed by atoms with van der Waals surface area (Å²) in [6, 6.07) is 15.1. The predicted octanol–water partition coefficient (Wildman–Crippen LogP) is 1.60. The number of nitrogens with one attached hydrogen (secondary N) is 1. The van der Waals surface area contributed by atoms with Crippen molar-refractivity contribution in [2.75, 3.05) is 0 Å². The van der Waals surface area contributed by atoms with Gasteiger partial charge in [0.2, 0.25) is 0 Å². The third-order valence-electron chi connectivity index (χ3n) is 2.92. The van der Waals surface area contributed by atoms with Crippen LogP contribution in [0.2, 0.25) is 0 Å². The number of benzene rings is 1. The van der Waals surface area contributed by atoms with Gasteiger partial charge in [-0.3, -0.25) is 14.6 Å². The summed E-state index contributed by atoms with van der Waals surface area (Å²) in [6.45, 7) is 0. The monoisotopic (exact) mass is 252 g/mol. The average molecular weight is 252 g/mol. The van der Waals surface area contributed by atoms with Gasteiger partial charge in [0.15, 0.2) is 0 Å². The number of pyridine rings is 1. The number of hydrogen-bond donors (Lipinski definition) is 2. The van der Waals surface area contributed by atoms with Crippen LogP contribution in [0, 0.1) is 0 Å². The maximum Gasteiger partial charge on any atom is 0.284 e. The van der Waals surface area contributed by atoms with Gasteiger partial charge in [-0.05, 0) is 12.1 Å². The van der Waals surface area contributed by atoms with Gasteiger partial charge in [-0.1, -0.05) is 36.4 Å². The number of aromatic nitrogens is 2. The van der Waals surface area contributed by atoms with Gasteiger partial charge in [0, 0.05) is 11.8 Å². The topological polar surface area (TPSA) is 72.4 Å². The first-order valence-corrected chi connectivity index (χ1v) is 5.84. The summed E-state index contributed by atoms with van der Waals surface area (Å²) in [5, 5.41) is 0. The smallest absolute Gasteiger partial charge is 0.284 e. The van der Waals surface area contributed by atoms with Crippen molar-refractivity contribution >= 4 is 11.6 Å². The molecule has 0 saturated heterocycles. The van der Waals surface area contributed by atoms with E-state index in [4.69, 9.17) is 5.84 Å². The average Bonchev–Trinajstić information content (AvgIpc) is 2.87. The minimum atomic E-state index is -0.363. The van der Waals surface area contributed by atoms with Crippen molar-refractivity contribution in [2.45, 2.75) is 0 Å². The fraction of sp³-hybridized carbons (Fsp3) is 0. The van der Waals surface area contributed by atoms with Gasteiger partial charge in [0.1, 0.15) is 17.0 Å². The Morgan fingerprint density at radius 2 is 1.84 bits per heavy atom. The second-order valence-corrected chi connectivity index (χ2v) is 4.08. The number of hydrazine groups is 1. The number of amides is 1. The molecule has 1 aromatic carbocycles. The molecule has 3 aromatic rings. The molecule has 0 unspecified atom stereocenters. The summed E-state index contributed by atoms with van der Waals surface area (Å²) in [5.74, 6) is 4.90. The van der Waals surface area contributed by atoms with Crippen LogP contribution in [0.4, 0.5) is 0 Å². The molecule has 0 fully saturated rings. The van der Waals surface area contributed by atoms with E-state index in [0.717, 1.165) is 5.56 Å². The number of nitrogen functional groups attached to an aromatic ring is 1. The number of imidazole rings is 1. The number of nitrogens with zero attached hydrogens (tertiary/aromatic N) is 2. The molecule has 2 aromatic heterocycles. The first-order chi connectivity index (χ1) is 9.31. The van der Waals surface area contributed by atoms with Gasteiger partial charge in [-0.2, -0.15) is 0 Å². The van der Waals surface area contributed by atoms with Gasteiger partial charge in [-0.25, -0.2) is 10.8 Å². The van der Waals surface area contributed by atoms with E-state index in [1.807, 2.05) is 48.5 Å². The Morgan fingerprint density at radius 1 is 1.11 bits per heavy atom. The third kappa shape index (κ3) is 1.86.